The maximum absolute atomic E-state index is 11.2. The third-order valence-electron chi connectivity index (χ3n) is 3.86. The van der Waals surface area contributed by atoms with Crippen LogP contribution in [0.1, 0.15) is 31.5 Å². The SMILES string of the molecule is Cc1cc(CCC(C)(C)[Si](C)(C)O)cc[n+]1[O-]. The van der Waals surface area contributed by atoms with Crippen LogP contribution in [0.3, 0.4) is 0 Å². The quantitative estimate of drug-likeness (QED) is 0.509. The van der Waals surface area contributed by atoms with E-state index in [2.05, 4.69) is 13.8 Å². The highest BCUT2D eigenvalue weighted by Crippen LogP contribution is 2.39. The van der Waals surface area contributed by atoms with Crippen molar-refractivity contribution in [2.75, 3.05) is 0 Å². The summed E-state index contributed by atoms with van der Waals surface area (Å²) in [6, 6.07) is 3.79. The Kier molecular flexibility index (Phi) is 3.99. The van der Waals surface area contributed by atoms with Crippen molar-refractivity contribution in [2.45, 2.75) is 51.7 Å². The molecule has 0 saturated heterocycles. The smallest absolute Gasteiger partial charge is 0.189 e. The van der Waals surface area contributed by atoms with Crippen molar-refractivity contribution >= 4 is 8.32 Å². The molecule has 1 rings (SSSR count). The fourth-order valence-corrected chi connectivity index (χ4v) is 2.32. The minimum absolute atomic E-state index is 0.00974. The second-order valence-electron chi connectivity index (χ2n) is 5.95. The van der Waals surface area contributed by atoms with Crippen LogP contribution in [-0.2, 0) is 6.42 Å². The summed E-state index contributed by atoms with van der Waals surface area (Å²) in [7, 11) is -2.13. The van der Waals surface area contributed by atoms with E-state index in [-0.39, 0.29) is 5.04 Å². The molecule has 0 aliphatic rings. The molecule has 1 aromatic heterocycles. The van der Waals surface area contributed by atoms with Crippen LogP contribution in [0.4, 0.5) is 0 Å². The van der Waals surface area contributed by atoms with E-state index in [1.807, 2.05) is 32.2 Å². The Labute approximate surface area is 105 Å². The van der Waals surface area contributed by atoms with Gasteiger partial charge in [0.2, 0.25) is 0 Å². The minimum Gasteiger partial charge on any atom is -0.619 e. The summed E-state index contributed by atoms with van der Waals surface area (Å²) in [4.78, 5) is 10.2. The largest absolute Gasteiger partial charge is 0.619 e. The fraction of sp³-hybridized carbons (Fsp3) is 0.615. The van der Waals surface area contributed by atoms with Gasteiger partial charge < -0.3 is 10.0 Å². The molecule has 0 radical (unpaired) electrons. The number of hydrogen-bond donors (Lipinski definition) is 1. The van der Waals surface area contributed by atoms with Gasteiger partial charge in [0.05, 0.1) is 0 Å². The van der Waals surface area contributed by atoms with E-state index in [0.29, 0.717) is 0 Å². The Morgan fingerprint density at radius 1 is 1.41 bits per heavy atom. The highest BCUT2D eigenvalue weighted by atomic mass is 28.4. The minimum atomic E-state index is -2.13. The average Bonchev–Trinajstić information content (AvgIpc) is 2.18. The molecule has 0 fully saturated rings. The molecule has 0 aromatic carbocycles. The Hall–Kier alpha value is -0.873. The van der Waals surface area contributed by atoms with Crippen molar-refractivity contribution < 1.29 is 9.53 Å². The summed E-state index contributed by atoms with van der Waals surface area (Å²) < 4.78 is 0.874. The van der Waals surface area contributed by atoms with Crippen molar-refractivity contribution in [3.05, 3.63) is 34.8 Å². The van der Waals surface area contributed by atoms with Gasteiger partial charge in [-0.05, 0) is 36.5 Å². The van der Waals surface area contributed by atoms with Crippen molar-refractivity contribution in [3.63, 3.8) is 0 Å². The van der Waals surface area contributed by atoms with Crippen LogP contribution >= 0.6 is 0 Å². The molecule has 0 atom stereocenters. The first kappa shape index (κ1) is 14.2. The molecule has 0 spiro atoms. The predicted octanol–water partition coefficient (Wildman–Crippen LogP) is 2.54. The van der Waals surface area contributed by atoms with Crippen molar-refractivity contribution in [3.8, 4) is 0 Å². The Bertz CT molecular complexity index is 397. The van der Waals surface area contributed by atoms with Gasteiger partial charge in [0.1, 0.15) is 0 Å². The summed E-state index contributed by atoms with van der Waals surface area (Å²) in [5.41, 5.74) is 1.89. The Balaban J connectivity index is 2.71. The number of rotatable bonds is 4. The number of aryl methyl sites for hydroxylation is 2. The van der Waals surface area contributed by atoms with E-state index in [1.165, 1.54) is 5.56 Å². The normalized spacial score (nSPS) is 12.8. The second kappa shape index (κ2) is 4.78. The molecule has 0 saturated carbocycles. The van der Waals surface area contributed by atoms with Gasteiger partial charge in [0, 0.05) is 19.1 Å². The lowest BCUT2D eigenvalue weighted by molar-refractivity contribution is -0.612. The molecule has 96 valence electrons. The molecule has 1 N–H and O–H groups in total. The molecule has 3 nitrogen and oxygen atoms in total. The topological polar surface area (TPSA) is 47.2 Å². The van der Waals surface area contributed by atoms with Gasteiger partial charge in [-0.2, -0.15) is 4.73 Å². The first-order valence-corrected chi connectivity index (χ1v) is 8.99. The van der Waals surface area contributed by atoms with Crippen LogP contribution in [0, 0.1) is 12.1 Å². The van der Waals surface area contributed by atoms with Gasteiger partial charge in [0.15, 0.2) is 20.2 Å². The highest BCUT2D eigenvalue weighted by Gasteiger charge is 2.37. The first-order chi connectivity index (χ1) is 7.63. The van der Waals surface area contributed by atoms with Crippen LogP contribution in [0.25, 0.3) is 0 Å². The third kappa shape index (κ3) is 3.54. The molecule has 1 heterocycles. The molecule has 0 aliphatic carbocycles. The van der Waals surface area contributed by atoms with Gasteiger partial charge >= 0.3 is 0 Å². The van der Waals surface area contributed by atoms with Crippen LogP contribution < -0.4 is 4.73 Å². The predicted molar refractivity (Wildman–Crippen MR) is 72.2 cm³/mol. The third-order valence-corrected chi connectivity index (χ3v) is 7.42. The molecule has 0 amide bonds. The van der Waals surface area contributed by atoms with E-state index in [9.17, 15) is 10.0 Å². The van der Waals surface area contributed by atoms with Crippen molar-refractivity contribution in [1.29, 1.82) is 0 Å². The summed E-state index contributed by atoms with van der Waals surface area (Å²) >= 11 is 0. The number of pyridine rings is 1. The van der Waals surface area contributed by atoms with Gasteiger partial charge in [0.25, 0.3) is 0 Å². The monoisotopic (exact) mass is 253 g/mol. The summed E-state index contributed by atoms with van der Waals surface area (Å²) in [5.74, 6) is 0. The number of nitrogens with zero attached hydrogens (tertiary/aromatic N) is 1. The highest BCUT2D eigenvalue weighted by molar-refractivity contribution is 6.72. The fourth-order valence-electron chi connectivity index (χ4n) is 1.58. The van der Waals surface area contributed by atoms with Crippen LogP contribution in [0.2, 0.25) is 18.1 Å². The maximum atomic E-state index is 11.2. The standard InChI is InChI=1S/C13H23NO2Si/c1-11-10-12(7-9-14(11)15)6-8-13(2,3)17(4,5)16/h7,9-10,16H,6,8H2,1-5H3. The molecular weight excluding hydrogens is 230 g/mol. The van der Waals surface area contributed by atoms with Gasteiger partial charge in [-0.25, -0.2) is 0 Å². The van der Waals surface area contributed by atoms with E-state index in [4.69, 9.17) is 0 Å². The zero-order chi connectivity index (χ0) is 13.3. The van der Waals surface area contributed by atoms with Gasteiger partial charge in [-0.3, -0.25) is 0 Å². The second-order valence-corrected chi connectivity index (χ2v) is 10.4. The van der Waals surface area contributed by atoms with E-state index in [0.717, 1.165) is 23.3 Å². The number of hydrogen-bond acceptors (Lipinski definition) is 2. The Morgan fingerprint density at radius 3 is 2.47 bits per heavy atom. The van der Waals surface area contributed by atoms with E-state index >= 15 is 0 Å². The maximum Gasteiger partial charge on any atom is 0.189 e. The summed E-state index contributed by atoms with van der Waals surface area (Å²) in [6.07, 6.45) is 3.41. The molecule has 0 aliphatic heterocycles. The van der Waals surface area contributed by atoms with E-state index in [1.54, 1.807) is 6.20 Å². The lowest BCUT2D eigenvalue weighted by Gasteiger charge is -2.35. The molecule has 0 unspecified atom stereocenters. The van der Waals surface area contributed by atoms with E-state index < -0.39 is 8.32 Å². The summed E-state index contributed by atoms with van der Waals surface area (Å²) in [6.45, 7) is 10.0. The first-order valence-electron chi connectivity index (χ1n) is 6.04. The summed E-state index contributed by atoms with van der Waals surface area (Å²) in [5, 5.41) is 11.2. The Morgan fingerprint density at radius 2 is 2.00 bits per heavy atom. The zero-order valence-corrected chi connectivity index (χ0v) is 12.4. The molecule has 17 heavy (non-hydrogen) atoms. The lowest BCUT2D eigenvalue weighted by atomic mass is 10.0. The average molecular weight is 253 g/mol. The molecule has 4 heteroatoms. The van der Waals surface area contributed by atoms with Gasteiger partial charge in [-0.1, -0.05) is 13.8 Å². The van der Waals surface area contributed by atoms with Crippen molar-refractivity contribution in [1.82, 2.24) is 0 Å². The molecule has 1 aromatic rings. The van der Waals surface area contributed by atoms with Crippen LogP contribution in [-0.4, -0.2) is 13.1 Å². The molecule has 0 bridgehead atoms. The molecular formula is C13H23NO2Si. The van der Waals surface area contributed by atoms with Crippen LogP contribution in [0.5, 0.6) is 0 Å². The zero-order valence-electron chi connectivity index (χ0n) is 11.4. The number of aromatic nitrogens is 1. The lowest BCUT2D eigenvalue weighted by Crippen LogP contribution is -2.39. The van der Waals surface area contributed by atoms with Crippen molar-refractivity contribution in [2.24, 2.45) is 0 Å². The van der Waals surface area contributed by atoms with Crippen LogP contribution in [0.15, 0.2) is 18.3 Å². The van der Waals surface area contributed by atoms with Gasteiger partial charge in [-0.15, -0.1) is 0 Å².